The lowest BCUT2D eigenvalue weighted by Gasteiger charge is -2.24. The van der Waals surface area contributed by atoms with E-state index in [2.05, 4.69) is 46.4 Å². The first-order valence-corrected chi connectivity index (χ1v) is 5.08. The van der Waals surface area contributed by atoms with E-state index in [0.717, 1.165) is 12.5 Å². The van der Waals surface area contributed by atoms with E-state index in [9.17, 15) is 0 Å². The molecular formula is C10H12BrN. The minimum atomic E-state index is 0.756. The Morgan fingerprint density at radius 2 is 2.33 bits per heavy atom. The van der Waals surface area contributed by atoms with Crippen LogP contribution >= 0.6 is 15.9 Å². The molecule has 0 radical (unpaired) electrons. The Morgan fingerprint density at radius 3 is 3.17 bits per heavy atom. The molecule has 0 saturated carbocycles. The van der Waals surface area contributed by atoms with Crippen LogP contribution in [0.25, 0.3) is 0 Å². The summed E-state index contributed by atoms with van der Waals surface area (Å²) in [6.45, 7) is 3.37. The lowest BCUT2D eigenvalue weighted by molar-refractivity contribution is 0.594. The molecule has 1 N–H and O–H groups in total. The van der Waals surface area contributed by atoms with Crippen LogP contribution in [0.4, 0.5) is 5.69 Å². The van der Waals surface area contributed by atoms with Crippen molar-refractivity contribution in [3.63, 3.8) is 0 Å². The molecule has 1 unspecified atom stereocenters. The summed E-state index contributed by atoms with van der Waals surface area (Å²) < 4.78 is 1.19. The number of hydrogen-bond acceptors (Lipinski definition) is 1. The fourth-order valence-electron chi connectivity index (χ4n) is 1.66. The number of para-hydroxylation sites is 1. The SMILES string of the molecule is CC1CNc2c(Br)cccc2C1. The molecule has 1 aromatic rings. The summed E-state index contributed by atoms with van der Waals surface area (Å²) in [4.78, 5) is 0. The summed E-state index contributed by atoms with van der Waals surface area (Å²) in [5.74, 6) is 0.756. The van der Waals surface area contributed by atoms with Crippen LogP contribution in [0.1, 0.15) is 12.5 Å². The summed E-state index contributed by atoms with van der Waals surface area (Å²) in [7, 11) is 0. The van der Waals surface area contributed by atoms with Gasteiger partial charge in [-0.05, 0) is 39.9 Å². The molecule has 0 bridgehead atoms. The van der Waals surface area contributed by atoms with Gasteiger partial charge in [-0.15, -0.1) is 0 Å². The maximum absolute atomic E-state index is 3.54. The van der Waals surface area contributed by atoms with E-state index in [1.165, 1.54) is 22.1 Å². The van der Waals surface area contributed by atoms with E-state index in [-0.39, 0.29) is 0 Å². The standard InChI is InChI=1S/C10H12BrN/c1-7-5-8-3-2-4-9(11)10(8)12-6-7/h2-4,7,12H,5-6H2,1H3. The highest BCUT2D eigenvalue weighted by Crippen LogP contribution is 2.31. The first-order chi connectivity index (χ1) is 5.77. The van der Waals surface area contributed by atoms with Crippen LogP contribution in [0.3, 0.4) is 0 Å². The molecule has 0 aromatic heterocycles. The maximum atomic E-state index is 3.54. The van der Waals surface area contributed by atoms with Gasteiger partial charge in [-0.25, -0.2) is 0 Å². The number of halogens is 1. The Balaban J connectivity index is 2.42. The van der Waals surface area contributed by atoms with Crippen molar-refractivity contribution in [2.24, 2.45) is 5.92 Å². The van der Waals surface area contributed by atoms with E-state index >= 15 is 0 Å². The lowest BCUT2D eigenvalue weighted by atomic mass is 9.96. The van der Waals surface area contributed by atoms with Crippen LogP contribution < -0.4 is 5.32 Å². The third kappa shape index (κ3) is 1.36. The smallest absolute Gasteiger partial charge is 0.0517 e. The predicted octanol–water partition coefficient (Wildman–Crippen LogP) is 3.05. The first-order valence-electron chi connectivity index (χ1n) is 4.28. The quantitative estimate of drug-likeness (QED) is 0.716. The molecule has 1 aliphatic rings. The molecule has 1 aliphatic heterocycles. The second-order valence-corrected chi connectivity index (χ2v) is 4.32. The summed E-state index contributed by atoms with van der Waals surface area (Å²) in [5.41, 5.74) is 2.72. The Kier molecular flexibility index (Phi) is 2.09. The minimum absolute atomic E-state index is 0.756. The molecule has 1 aromatic carbocycles. The van der Waals surface area contributed by atoms with Crippen molar-refractivity contribution in [3.8, 4) is 0 Å². The average Bonchev–Trinajstić information content (AvgIpc) is 2.04. The van der Waals surface area contributed by atoms with Gasteiger partial charge in [0.2, 0.25) is 0 Å². The van der Waals surface area contributed by atoms with Gasteiger partial charge in [0.25, 0.3) is 0 Å². The number of fused-ring (bicyclic) bond motifs is 1. The molecular weight excluding hydrogens is 214 g/mol. The van der Waals surface area contributed by atoms with Gasteiger partial charge in [0.05, 0.1) is 5.69 Å². The minimum Gasteiger partial charge on any atom is -0.384 e. The van der Waals surface area contributed by atoms with Gasteiger partial charge in [0.1, 0.15) is 0 Å². The molecule has 0 spiro atoms. The van der Waals surface area contributed by atoms with E-state index in [1.54, 1.807) is 0 Å². The van der Waals surface area contributed by atoms with Crippen molar-refractivity contribution >= 4 is 21.6 Å². The highest BCUT2D eigenvalue weighted by molar-refractivity contribution is 9.10. The van der Waals surface area contributed by atoms with Crippen molar-refractivity contribution in [3.05, 3.63) is 28.2 Å². The number of anilines is 1. The Hall–Kier alpha value is -0.500. The Morgan fingerprint density at radius 1 is 1.50 bits per heavy atom. The lowest BCUT2D eigenvalue weighted by Crippen LogP contribution is -2.20. The van der Waals surface area contributed by atoms with Gasteiger partial charge >= 0.3 is 0 Å². The molecule has 0 fully saturated rings. The molecule has 0 saturated heterocycles. The summed E-state index contributed by atoms with van der Waals surface area (Å²) in [5, 5.41) is 3.43. The van der Waals surface area contributed by atoms with Gasteiger partial charge < -0.3 is 5.32 Å². The molecule has 64 valence electrons. The zero-order chi connectivity index (χ0) is 8.55. The fourth-order valence-corrected chi connectivity index (χ4v) is 2.21. The van der Waals surface area contributed by atoms with Crippen LogP contribution in [0.5, 0.6) is 0 Å². The van der Waals surface area contributed by atoms with Crippen LogP contribution in [0, 0.1) is 5.92 Å². The molecule has 1 heterocycles. The fraction of sp³-hybridized carbons (Fsp3) is 0.400. The van der Waals surface area contributed by atoms with Gasteiger partial charge in [0, 0.05) is 11.0 Å². The van der Waals surface area contributed by atoms with Gasteiger partial charge in [-0.1, -0.05) is 19.1 Å². The summed E-state index contributed by atoms with van der Waals surface area (Å²) >= 11 is 3.54. The van der Waals surface area contributed by atoms with E-state index < -0.39 is 0 Å². The van der Waals surface area contributed by atoms with Crippen molar-refractivity contribution in [2.45, 2.75) is 13.3 Å². The van der Waals surface area contributed by atoms with E-state index in [4.69, 9.17) is 0 Å². The van der Waals surface area contributed by atoms with Crippen molar-refractivity contribution < 1.29 is 0 Å². The van der Waals surface area contributed by atoms with Crippen molar-refractivity contribution in [1.29, 1.82) is 0 Å². The molecule has 2 heteroatoms. The van der Waals surface area contributed by atoms with Crippen LogP contribution in [0.15, 0.2) is 22.7 Å². The Bertz CT molecular complexity index is 296. The molecule has 1 atom stereocenters. The highest BCUT2D eigenvalue weighted by atomic mass is 79.9. The van der Waals surface area contributed by atoms with E-state index in [0.29, 0.717) is 0 Å². The van der Waals surface area contributed by atoms with Crippen LogP contribution in [-0.4, -0.2) is 6.54 Å². The molecule has 0 aliphatic carbocycles. The number of benzene rings is 1. The van der Waals surface area contributed by atoms with Gasteiger partial charge in [-0.3, -0.25) is 0 Å². The maximum Gasteiger partial charge on any atom is 0.0517 e. The summed E-state index contributed by atoms with van der Waals surface area (Å²) in [6.07, 6.45) is 1.20. The summed E-state index contributed by atoms with van der Waals surface area (Å²) in [6, 6.07) is 6.38. The highest BCUT2D eigenvalue weighted by Gasteiger charge is 2.15. The second-order valence-electron chi connectivity index (χ2n) is 3.46. The zero-order valence-electron chi connectivity index (χ0n) is 7.10. The van der Waals surface area contributed by atoms with Gasteiger partial charge in [0.15, 0.2) is 0 Å². The third-order valence-electron chi connectivity index (χ3n) is 2.30. The van der Waals surface area contributed by atoms with Crippen molar-refractivity contribution in [2.75, 3.05) is 11.9 Å². The number of hydrogen-bond donors (Lipinski definition) is 1. The number of rotatable bonds is 0. The second kappa shape index (κ2) is 3.09. The molecule has 2 rings (SSSR count). The number of nitrogens with one attached hydrogen (secondary N) is 1. The molecule has 0 amide bonds. The monoisotopic (exact) mass is 225 g/mol. The Labute approximate surface area is 81.3 Å². The van der Waals surface area contributed by atoms with Gasteiger partial charge in [-0.2, -0.15) is 0 Å². The topological polar surface area (TPSA) is 12.0 Å². The normalized spacial score (nSPS) is 21.3. The zero-order valence-corrected chi connectivity index (χ0v) is 8.69. The van der Waals surface area contributed by atoms with Crippen LogP contribution in [0.2, 0.25) is 0 Å². The van der Waals surface area contributed by atoms with Crippen LogP contribution in [-0.2, 0) is 6.42 Å². The largest absolute Gasteiger partial charge is 0.384 e. The predicted molar refractivity (Wildman–Crippen MR) is 55.5 cm³/mol. The van der Waals surface area contributed by atoms with E-state index in [1.807, 2.05) is 0 Å². The van der Waals surface area contributed by atoms with Crippen molar-refractivity contribution in [1.82, 2.24) is 0 Å². The first kappa shape index (κ1) is 8.11. The molecule has 12 heavy (non-hydrogen) atoms. The third-order valence-corrected chi connectivity index (χ3v) is 2.96. The molecule has 1 nitrogen and oxygen atoms in total. The average molecular weight is 226 g/mol.